The summed E-state index contributed by atoms with van der Waals surface area (Å²) in [5.74, 6) is -0.884. The van der Waals surface area contributed by atoms with Crippen LogP contribution < -0.4 is 10.6 Å². The number of alkyl halides is 3. The first kappa shape index (κ1) is 20.8. The summed E-state index contributed by atoms with van der Waals surface area (Å²) in [6, 6.07) is 12.1. The molecule has 0 aliphatic carbocycles. The van der Waals surface area contributed by atoms with E-state index in [2.05, 4.69) is 10.6 Å². The Morgan fingerprint density at radius 2 is 1.78 bits per heavy atom. The van der Waals surface area contributed by atoms with Crippen LogP contribution in [0.3, 0.4) is 0 Å². The standard InChI is InChI=1S/C19H19F3N2O2S/c1-2-13-6-3-4-9-16(13)24-17(25)11-23-18(26)12-27-15-8-5-7-14(10-15)19(20,21)22/h3-10H,2,11-12H2,1H3,(H,23,26)(H,24,25). The summed E-state index contributed by atoms with van der Waals surface area (Å²) >= 11 is 0.977. The molecule has 2 aromatic carbocycles. The molecule has 0 aliphatic heterocycles. The highest BCUT2D eigenvalue weighted by atomic mass is 32.2. The molecule has 0 radical (unpaired) electrons. The van der Waals surface area contributed by atoms with Crippen molar-refractivity contribution in [2.45, 2.75) is 24.4 Å². The van der Waals surface area contributed by atoms with Crippen molar-refractivity contribution in [3.63, 3.8) is 0 Å². The second-order valence-corrected chi connectivity index (χ2v) is 6.70. The van der Waals surface area contributed by atoms with E-state index in [4.69, 9.17) is 0 Å². The molecule has 0 aromatic heterocycles. The second kappa shape index (κ2) is 9.45. The number of para-hydroxylation sites is 1. The maximum atomic E-state index is 12.7. The van der Waals surface area contributed by atoms with Gasteiger partial charge < -0.3 is 10.6 Å². The highest BCUT2D eigenvalue weighted by molar-refractivity contribution is 8.00. The SMILES string of the molecule is CCc1ccccc1NC(=O)CNC(=O)CSc1cccc(C(F)(F)F)c1. The molecule has 2 aromatic rings. The summed E-state index contributed by atoms with van der Waals surface area (Å²) in [4.78, 5) is 24.1. The molecule has 2 N–H and O–H groups in total. The molecule has 0 bridgehead atoms. The van der Waals surface area contributed by atoms with Gasteiger partial charge in [-0.25, -0.2) is 0 Å². The van der Waals surface area contributed by atoms with Crippen molar-refractivity contribution in [2.75, 3.05) is 17.6 Å². The van der Waals surface area contributed by atoms with Crippen LogP contribution in [0.25, 0.3) is 0 Å². The zero-order valence-corrected chi connectivity index (χ0v) is 15.4. The van der Waals surface area contributed by atoms with Gasteiger partial charge in [0, 0.05) is 10.6 Å². The smallest absolute Gasteiger partial charge is 0.346 e. The van der Waals surface area contributed by atoms with E-state index in [0.29, 0.717) is 10.6 Å². The van der Waals surface area contributed by atoms with E-state index < -0.39 is 17.6 Å². The van der Waals surface area contributed by atoms with E-state index in [-0.39, 0.29) is 18.2 Å². The van der Waals surface area contributed by atoms with Crippen molar-refractivity contribution < 1.29 is 22.8 Å². The second-order valence-electron chi connectivity index (χ2n) is 5.65. The topological polar surface area (TPSA) is 58.2 Å². The number of hydrogen-bond acceptors (Lipinski definition) is 3. The van der Waals surface area contributed by atoms with Gasteiger partial charge in [-0.1, -0.05) is 31.2 Å². The van der Waals surface area contributed by atoms with Crippen molar-refractivity contribution in [1.82, 2.24) is 5.32 Å². The van der Waals surface area contributed by atoms with Crippen LogP contribution in [-0.2, 0) is 22.2 Å². The average molecular weight is 396 g/mol. The van der Waals surface area contributed by atoms with Gasteiger partial charge in [0.05, 0.1) is 17.9 Å². The van der Waals surface area contributed by atoms with Gasteiger partial charge in [-0.2, -0.15) is 13.2 Å². The molecule has 2 rings (SSSR count). The number of benzene rings is 2. The maximum absolute atomic E-state index is 12.7. The normalized spacial score (nSPS) is 11.1. The van der Waals surface area contributed by atoms with Gasteiger partial charge in [-0.05, 0) is 36.2 Å². The minimum atomic E-state index is -4.42. The fraction of sp³-hybridized carbons (Fsp3) is 0.263. The summed E-state index contributed by atoms with van der Waals surface area (Å²) in [6.07, 6.45) is -3.66. The molecule has 144 valence electrons. The summed E-state index contributed by atoms with van der Waals surface area (Å²) in [5, 5.41) is 5.19. The Kier molecular flexibility index (Phi) is 7.29. The van der Waals surface area contributed by atoms with Crippen molar-refractivity contribution in [2.24, 2.45) is 0 Å². The van der Waals surface area contributed by atoms with Gasteiger partial charge in [-0.3, -0.25) is 9.59 Å². The van der Waals surface area contributed by atoms with Gasteiger partial charge in [0.1, 0.15) is 0 Å². The van der Waals surface area contributed by atoms with Crippen molar-refractivity contribution in [1.29, 1.82) is 0 Å². The molecule has 0 saturated heterocycles. The number of rotatable bonds is 7. The van der Waals surface area contributed by atoms with Crippen LogP contribution in [0.2, 0.25) is 0 Å². The third kappa shape index (κ3) is 6.63. The zero-order chi connectivity index (χ0) is 19.9. The summed E-state index contributed by atoms with van der Waals surface area (Å²) in [6.45, 7) is 1.76. The van der Waals surface area contributed by atoms with Gasteiger partial charge in [0.25, 0.3) is 0 Å². The summed E-state index contributed by atoms with van der Waals surface area (Å²) in [7, 11) is 0. The molecular weight excluding hydrogens is 377 g/mol. The van der Waals surface area contributed by atoms with Crippen LogP contribution in [0.1, 0.15) is 18.1 Å². The number of aryl methyl sites for hydroxylation is 1. The lowest BCUT2D eigenvalue weighted by molar-refractivity contribution is -0.137. The fourth-order valence-corrected chi connectivity index (χ4v) is 3.07. The Hall–Kier alpha value is -2.48. The molecule has 0 atom stereocenters. The Balaban J connectivity index is 1.80. The minimum Gasteiger partial charge on any atom is -0.346 e. The van der Waals surface area contributed by atoms with Crippen LogP contribution in [0, 0.1) is 0 Å². The van der Waals surface area contributed by atoms with Gasteiger partial charge in [0.2, 0.25) is 11.8 Å². The van der Waals surface area contributed by atoms with Gasteiger partial charge >= 0.3 is 6.18 Å². The van der Waals surface area contributed by atoms with E-state index in [1.807, 2.05) is 19.1 Å². The van der Waals surface area contributed by atoms with E-state index in [0.717, 1.165) is 35.9 Å². The number of nitrogens with one attached hydrogen (secondary N) is 2. The highest BCUT2D eigenvalue weighted by Crippen LogP contribution is 2.31. The lowest BCUT2D eigenvalue weighted by atomic mass is 10.1. The largest absolute Gasteiger partial charge is 0.416 e. The lowest BCUT2D eigenvalue weighted by Gasteiger charge is -2.10. The van der Waals surface area contributed by atoms with E-state index >= 15 is 0 Å². The van der Waals surface area contributed by atoms with Crippen LogP contribution >= 0.6 is 11.8 Å². The first-order chi connectivity index (χ1) is 12.8. The third-order valence-corrected chi connectivity index (χ3v) is 4.64. The predicted molar refractivity (Wildman–Crippen MR) is 99.6 cm³/mol. The maximum Gasteiger partial charge on any atom is 0.416 e. The zero-order valence-electron chi connectivity index (χ0n) is 14.6. The van der Waals surface area contributed by atoms with Crippen molar-refractivity contribution in [3.05, 3.63) is 59.7 Å². The molecule has 0 saturated carbocycles. The fourth-order valence-electron chi connectivity index (χ4n) is 2.29. The molecule has 4 nitrogen and oxygen atoms in total. The van der Waals surface area contributed by atoms with Crippen LogP contribution in [0.15, 0.2) is 53.4 Å². The number of thioether (sulfide) groups is 1. The molecule has 2 amide bonds. The Morgan fingerprint density at radius 3 is 2.48 bits per heavy atom. The third-order valence-electron chi connectivity index (χ3n) is 3.65. The molecule has 27 heavy (non-hydrogen) atoms. The van der Waals surface area contributed by atoms with Crippen LogP contribution in [-0.4, -0.2) is 24.1 Å². The van der Waals surface area contributed by atoms with Gasteiger partial charge in [0.15, 0.2) is 0 Å². The van der Waals surface area contributed by atoms with Crippen molar-refractivity contribution >= 4 is 29.3 Å². The number of anilines is 1. The minimum absolute atomic E-state index is 0.0832. The highest BCUT2D eigenvalue weighted by Gasteiger charge is 2.30. The van der Waals surface area contributed by atoms with E-state index in [9.17, 15) is 22.8 Å². The average Bonchev–Trinajstić information content (AvgIpc) is 2.64. The first-order valence-electron chi connectivity index (χ1n) is 8.24. The molecule has 0 spiro atoms. The summed E-state index contributed by atoms with van der Waals surface area (Å²) < 4.78 is 38.0. The Labute approximate surface area is 159 Å². The van der Waals surface area contributed by atoms with E-state index in [1.54, 1.807) is 12.1 Å². The van der Waals surface area contributed by atoms with Gasteiger partial charge in [-0.15, -0.1) is 11.8 Å². The monoisotopic (exact) mass is 396 g/mol. The molecule has 0 heterocycles. The van der Waals surface area contributed by atoms with Crippen LogP contribution in [0.4, 0.5) is 18.9 Å². The number of hydrogen-bond donors (Lipinski definition) is 2. The molecule has 0 unspecified atom stereocenters. The number of carbonyl (C=O) groups is 2. The predicted octanol–water partition coefficient (Wildman–Crippen LogP) is 4.11. The number of carbonyl (C=O) groups excluding carboxylic acids is 2. The van der Waals surface area contributed by atoms with E-state index in [1.165, 1.54) is 12.1 Å². The molecule has 8 heteroatoms. The number of halogens is 3. The lowest BCUT2D eigenvalue weighted by Crippen LogP contribution is -2.34. The molecular formula is C19H19F3N2O2S. The Morgan fingerprint density at radius 1 is 1.04 bits per heavy atom. The summed E-state index contributed by atoms with van der Waals surface area (Å²) in [5.41, 5.74) is 0.914. The quantitative estimate of drug-likeness (QED) is 0.693. The van der Waals surface area contributed by atoms with Crippen LogP contribution in [0.5, 0.6) is 0 Å². The van der Waals surface area contributed by atoms with Crippen molar-refractivity contribution in [3.8, 4) is 0 Å². The molecule has 0 fully saturated rings. The Bertz CT molecular complexity index is 810. The molecule has 0 aliphatic rings. The number of amides is 2. The first-order valence-corrected chi connectivity index (χ1v) is 9.22.